The quantitative estimate of drug-likeness (QED) is 0.760. The maximum Gasteiger partial charge on any atom is 0.274 e. The van der Waals surface area contributed by atoms with Crippen LogP contribution in [0.15, 0.2) is 41.2 Å². The van der Waals surface area contributed by atoms with Crippen LogP contribution in [0.4, 0.5) is 0 Å². The summed E-state index contributed by atoms with van der Waals surface area (Å²) in [6, 6.07) is 10.7. The molecule has 130 valence electrons. The number of benzene rings is 1. The summed E-state index contributed by atoms with van der Waals surface area (Å²) < 4.78 is 1.31. The first-order valence-corrected chi connectivity index (χ1v) is 8.19. The Labute approximate surface area is 145 Å². The minimum Gasteiger partial charge on any atom is -0.342 e. The van der Waals surface area contributed by atoms with Crippen molar-refractivity contribution in [2.45, 2.75) is 13.5 Å². The van der Waals surface area contributed by atoms with E-state index in [-0.39, 0.29) is 17.2 Å². The molecular formula is C18H20N4O3. The van der Waals surface area contributed by atoms with E-state index in [0.29, 0.717) is 32.7 Å². The molecule has 0 saturated carbocycles. The number of aryl methyl sites for hydroxylation is 1. The van der Waals surface area contributed by atoms with E-state index >= 15 is 0 Å². The zero-order valence-corrected chi connectivity index (χ0v) is 14.1. The molecule has 2 aromatic rings. The van der Waals surface area contributed by atoms with Crippen LogP contribution in [0.2, 0.25) is 0 Å². The number of piperazine rings is 1. The monoisotopic (exact) mass is 340 g/mol. The molecule has 2 amide bonds. The number of hydrogen-bond acceptors (Lipinski definition) is 4. The van der Waals surface area contributed by atoms with E-state index in [0.717, 1.165) is 17.5 Å². The second-order valence-electron chi connectivity index (χ2n) is 6.13. The van der Waals surface area contributed by atoms with Gasteiger partial charge in [-0.25, -0.2) is 4.68 Å². The van der Waals surface area contributed by atoms with Gasteiger partial charge in [0, 0.05) is 32.2 Å². The van der Waals surface area contributed by atoms with Gasteiger partial charge in [-0.1, -0.05) is 29.8 Å². The Morgan fingerprint density at radius 1 is 1.08 bits per heavy atom. The maximum absolute atomic E-state index is 12.6. The van der Waals surface area contributed by atoms with Crippen LogP contribution in [0.1, 0.15) is 21.6 Å². The van der Waals surface area contributed by atoms with E-state index in [4.69, 9.17) is 0 Å². The number of aromatic nitrogens is 2. The molecule has 7 nitrogen and oxygen atoms in total. The van der Waals surface area contributed by atoms with E-state index < -0.39 is 0 Å². The molecule has 0 N–H and O–H groups in total. The van der Waals surface area contributed by atoms with Gasteiger partial charge in [-0.2, -0.15) is 5.10 Å². The molecule has 0 bridgehead atoms. The molecule has 0 radical (unpaired) electrons. The normalized spacial score (nSPS) is 14.4. The van der Waals surface area contributed by atoms with Gasteiger partial charge in [0.2, 0.25) is 6.41 Å². The lowest BCUT2D eigenvalue weighted by atomic mass is 10.1. The van der Waals surface area contributed by atoms with Crippen molar-refractivity contribution in [3.8, 4) is 0 Å². The van der Waals surface area contributed by atoms with Gasteiger partial charge < -0.3 is 9.80 Å². The zero-order valence-electron chi connectivity index (χ0n) is 14.1. The van der Waals surface area contributed by atoms with Crippen molar-refractivity contribution in [1.82, 2.24) is 19.6 Å². The average molecular weight is 340 g/mol. The lowest BCUT2D eigenvalue weighted by Crippen LogP contribution is -2.48. The third-order valence-corrected chi connectivity index (χ3v) is 4.29. The smallest absolute Gasteiger partial charge is 0.274 e. The number of nitrogens with zero attached hydrogens (tertiary/aromatic N) is 4. The molecule has 1 aromatic heterocycles. The van der Waals surface area contributed by atoms with Crippen molar-refractivity contribution < 1.29 is 9.59 Å². The number of rotatable bonds is 4. The maximum atomic E-state index is 12.6. The Bertz CT molecular complexity index is 821. The fourth-order valence-electron chi connectivity index (χ4n) is 2.74. The van der Waals surface area contributed by atoms with Crippen LogP contribution in [0.5, 0.6) is 0 Å². The van der Waals surface area contributed by atoms with Crippen molar-refractivity contribution in [1.29, 1.82) is 0 Å². The van der Waals surface area contributed by atoms with Crippen LogP contribution < -0.4 is 5.56 Å². The predicted octanol–water partition coefficient (Wildman–Crippen LogP) is 0.514. The molecule has 7 heteroatoms. The summed E-state index contributed by atoms with van der Waals surface area (Å²) in [6.07, 6.45) is 0.793. The first-order chi connectivity index (χ1) is 12.1. The highest BCUT2D eigenvalue weighted by atomic mass is 16.2. The highest BCUT2D eigenvalue weighted by molar-refractivity contribution is 5.92. The number of carbonyl (C=O) groups is 2. The Hall–Kier alpha value is -2.96. The van der Waals surface area contributed by atoms with Gasteiger partial charge in [0.25, 0.3) is 11.5 Å². The summed E-state index contributed by atoms with van der Waals surface area (Å²) >= 11 is 0. The summed E-state index contributed by atoms with van der Waals surface area (Å²) in [7, 11) is 0. The van der Waals surface area contributed by atoms with E-state index in [1.54, 1.807) is 9.80 Å². The van der Waals surface area contributed by atoms with Crippen LogP contribution in [0.3, 0.4) is 0 Å². The number of carbonyl (C=O) groups excluding carboxylic acids is 2. The van der Waals surface area contributed by atoms with Gasteiger partial charge in [-0.3, -0.25) is 14.4 Å². The van der Waals surface area contributed by atoms with Crippen molar-refractivity contribution in [3.05, 3.63) is 63.6 Å². The van der Waals surface area contributed by atoms with Crippen molar-refractivity contribution in [3.63, 3.8) is 0 Å². The number of amides is 2. The first kappa shape index (κ1) is 16.9. The minimum atomic E-state index is -0.247. The van der Waals surface area contributed by atoms with Gasteiger partial charge in [0.1, 0.15) is 5.69 Å². The molecule has 1 aliphatic heterocycles. The molecule has 0 unspecified atom stereocenters. The SMILES string of the molecule is Cc1ccc(Cn2nc(C(=O)N3CCN(C=O)CC3)ccc2=O)cc1. The summed E-state index contributed by atoms with van der Waals surface area (Å²) in [4.78, 5) is 38.7. The second kappa shape index (κ2) is 7.29. The largest absolute Gasteiger partial charge is 0.342 e. The Morgan fingerprint density at radius 3 is 2.40 bits per heavy atom. The number of hydrogen-bond donors (Lipinski definition) is 0. The topological polar surface area (TPSA) is 75.5 Å². The van der Waals surface area contributed by atoms with Crippen LogP contribution in [0.25, 0.3) is 0 Å². The van der Waals surface area contributed by atoms with Gasteiger partial charge in [0.15, 0.2) is 0 Å². The van der Waals surface area contributed by atoms with E-state index in [1.807, 2.05) is 31.2 Å². The van der Waals surface area contributed by atoms with Crippen molar-refractivity contribution >= 4 is 12.3 Å². The lowest BCUT2D eigenvalue weighted by Gasteiger charge is -2.32. The summed E-state index contributed by atoms with van der Waals surface area (Å²) in [5.74, 6) is -0.219. The average Bonchev–Trinajstić information content (AvgIpc) is 2.65. The third kappa shape index (κ3) is 3.93. The fraction of sp³-hybridized carbons (Fsp3) is 0.333. The Balaban J connectivity index is 1.76. The van der Waals surface area contributed by atoms with Gasteiger partial charge in [0.05, 0.1) is 6.54 Å². The third-order valence-electron chi connectivity index (χ3n) is 4.29. The molecule has 0 aliphatic carbocycles. The van der Waals surface area contributed by atoms with Gasteiger partial charge in [-0.15, -0.1) is 0 Å². The molecule has 3 rings (SSSR count). The molecular weight excluding hydrogens is 320 g/mol. The molecule has 1 fully saturated rings. The zero-order chi connectivity index (χ0) is 17.8. The lowest BCUT2D eigenvalue weighted by molar-refractivity contribution is -0.119. The molecule has 1 aromatic carbocycles. The summed E-state index contributed by atoms with van der Waals surface area (Å²) in [5, 5.41) is 4.23. The Morgan fingerprint density at radius 2 is 1.76 bits per heavy atom. The van der Waals surface area contributed by atoms with Gasteiger partial charge in [-0.05, 0) is 18.6 Å². The van der Waals surface area contributed by atoms with Crippen molar-refractivity contribution in [2.24, 2.45) is 0 Å². The fourth-order valence-corrected chi connectivity index (χ4v) is 2.74. The van der Waals surface area contributed by atoms with E-state index in [1.165, 1.54) is 16.8 Å². The van der Waals surface area contributed by atoms with Gasteiger partial charge >= 0.3 is 0 Å². The summed E-state index contributed by atoms with van der Waals surface area (Å²) in [5.41, 5.74) is 2.08. The second-order valence-corrected chi connectivity index (χ2v) is 6.13. The standard InChI is InChI=1S/C18H20N4O3/c1-14-2-4-15(5-3-14)12-22-17(24)7-6-16(19-22)18(25)21-10-8-20(13-23)9-11-21/h2-7,13H,8-12H2,1H3. The molecule has 0 spiro atoms. The van der Waals surface area contributed by atoms with Crippen LogP contribution in [-0.2, 0) is 11.3 Å². The van der Waals surface area contributed by atoms with Crippen molar-refractivity contribution in [2.75, 3.05) is 26.2 Å². The molecule has 2 heterocycles. The van der Waals surface area contributed by atoms with Crippen LogP contribution >= 0.6 is 0 Å². The van der Waals surface area contributed by atoms with E-state index in [2.05, 4.69) is 5.10 Å². The Kier molecular flexibility index (Phi) is 4.92. The van der Waals surface area contributed by atoms with E-state index in [9.17, 15) is 14.4 Å². The molecule has 0 atom stereocenters. The van der Waals surface area contributed by atoms with Crippen LogP contribution in [0, 0.1) is 6.92 Å². The molecule has 25 heavy (non-hydrogen) atoms. The molecule has 1 aliphatic rings. The highest BCUT2D eigenvalue weighted by Crippen LogP contribution is 2.07. The minimum absolute atomic E-state index is 0.219. The summed E-state index contributed by atoms with van der Waals surface area (Å²) in [6.45, 7) is 4.28. The predicted molar refractivity (Wildman–Crippen MR) is 92.3 cm³/mol. The highest BCUT2D eigenvalue weighted by Gasteiger charge is 2.22. The first-order valence-electron chi connectivity index (χ1n) is 8.19. The molecule has 1 saturated heterocycles. The van der Waals surface area contributed by atoms with Crippen LogP contribution in [-0.4, -0.2) is 58.1 Å².